The standard InChI is InChI=1S/C19H17Cl2NO2S/c20-13-6-7-14(15(21)11-13)19-22(9-10-25-19)18(23)17-8-5-12-3-1-2-4-16(12)24-17/h1-4,6-7,11,17,19H,5,8-10H2. The summed E-state index contributed by atoms with van der Waals surface area (Å²) in [7, 11) is 0. The van der Waals surface area contributed by atoms with Gasteiger partial charge in [0.05, 0.1) is 0 Å². The van der Waals surface area contributed by atoms with Gasteiger partial charge in [-0.1, -0.05) is 47.5 Å². The van der Waals surface area contributed by atoms with Crippen LogP contribution in [0.3, 0.4) is 0 Å². The molecule has 2 aromatic rings. The van der Waals surface area contributed by atoms with Crippen LogP contribution in [0.1, 0.15) is 22.9 Å². The van der Waals surface area contributed by atoms with E-state index in [1.165, 1.54) is 5.56 Å². The fourth-order valence-corrected chi connectivity index (χ4v) is 5.21. The predicted molar refractivity (Wildman–Crippen MR) is 103 cm³/mol. The molecule has 1 fully saturated rings. The van der Waals surface area contributed by atoms with Gasteiger partial charge < -0.3 is 9.64 Å². The van der Waals surface area contributed by atoms with E-state index in [1.54, 1.807) is 17.8 Å². The maximum Gasteiger partial charge on any atom is 0.264 e. The zero-order valence-corrected chi connectivity index (χ0v) is 15.8. The Labute approximate surface area is 161 Å². The molecule has 2 aliphatic rings. The lowest BCUT2D eigenvalue weighted by Gasteiger charge is -2.31. The van der Waals surface area contributed by atoms with Crippen LogP contribution in [-0.2, 0) is 11.2 Å². The number of benzene rings is 2. The number of amides is 1. The van der Waals surface area contributed by atoms with Gasteiger partial charge in [0, 0.05) is 27.9 Å². The molecule has 2 atom stereocenters. The van der Waals surface area contributed by atoms with Gasteiger partial charge in [-0.2, -0.15) is 0 Å². The number of ether oxygens (including phenoxy) is 1. The number of hydrogen-bond donors (Lipinski definition) is 0. The number of aryl methyl sites for hydroxylation is 1. The number of nitrogens with zero attached hydrogens (tertiary/aromatic N) is 1. The van der Waals surface area contributed by atoms with E-state index < -0.39 is 6.10 Å². The molecule has 130 valence electrons. The van der Waals surface area contributed by atoms with Gasteiger partial charge >= 0.3 is 0 Å². The Morgan fingerprint density at radius 1 is 1.20 bits per heavy atom. The lowest BCUT2D eigenvalue weighted by Crippen LogP contribution is -2.43. The summed E-state index contributed by atoms with van der Waals surface area (Å²) in [4.78, 5) is 15.0. The highest BCUT2D eigenvalue weighted by Crippen LogP contribution is 2.42. The number of fused-ring (bicyclic) bond motifs is 1. The molecule has 2 unspecified atom stereocenters. The van der Waals surface area contributed by atoms with E-state index in [4.69, 9.17) is 27.9 Å². The first-order chi connectivity index (χ1) is 12.1. The maximum absolute atomic E-state index is 13.1. The van der Waals surface area contributed by atoms with Crippen LogP contribution in [0.25, 0.3) is 0 Å². The monoisotopic (exact) mass is 393 g/mol. The molecule has 2 heterocycles. The fourth-order valence-electron chi connectivity index (χ4n) is 3.34. The van der Waals surface area contributed by atoms with Crippen LogP contribution in [0.2, 0.25) is 10.0 Å². The molecule has 1 saturated heterocycles. The maximum atomic E-state index is 13.1. The molecule has 0 radical (unpaired) electrons. The number of para-hydroxylation sites is 1. The summed E-state index contributed by atoms with van der Waals surface area (Å²) in [5, 5.41) is 1.11. The van der Waals surface area contributed by atoms with Gasteiger partial charge in [0.2, 0.25) is 0 Å². The van der Waals surface area contributed by atoms with Gasteiger partial charge in [-0.25, -0.2) is 0 Å². The van der Waals surface area contributed by atoms with Gasteiger partial charge in [0.15, 0.2) is 6.10 Å². The number of hydrogen-bond acceptors (Lipinski definition) is 3. The smallest absolute Gasteiger partial charge is 0.264 e. The number of carbonyl (C=O) groups excluding carboxylic acids is 1. The van der Waals surface area contributed by atoms with Crippen molar-refractivity contribution < 1.29 is 9.53 Å². The zero-order chi connectivity index (χ0) is 17.4. The number of carbonyl (C=O) groups is 1. The molecule has 1 amide bonds. The molecule has 2 aliphatic heterocycles. The first-order valence-electron chi connectivity index (χ1n) is 8.25. The molecule has 0 saturated carbocycles. The summed E-state index contributed by atoms with van der Waals surface area (Å²) in [6.45, 7) is 0.703. The van der Waals surface area contributed by atoms with Gasteiger partial charge in [0.1, 0.15) is 11.1 Å². The lowest BCUT2D eigenvalue weighted by molar-refractivity contribution is -0.139. The normalized spacial score (nSPS) is 22.4. The van der Waals surface area contributed by atoms with E-state index in [1.807, 2.05) is 35.2 Å². The van der Waals surface area contributed by atoms with Crippen molar-refractivity contribution in [3.63, 3.8) is 0 Å². The lowest BCUT2D eigenvalue weighted by atomic mass is 10.0. The van der Waals surface area contributed by atoms with Crippen LogP contribution in [-0.4, -0.2) is 29.2 Å². The van der Waals surface area contributed by atoms with Crippen molar-refractivity contribution in [3.05, 3.63) is 63.6 Å². The van der Waals surface area contributed by atoms with Crippen molar-refractivity contribution in [2.24, 2.45) is 0 Å². The van der Waals surface area contributed by atoms with Crippen molar-refractivity contribution >= 4 is 40.9 Å². The average molecular weight is 394 g/mol. The largest absolute Gasteiger partial charge is 0.480 e. The Morgan fingerprint density at radius 3 is 2.88 bits per heavy atom. The minimum absolute atomic E-state index is 0.0375. The quantitative estimate of drug-likeness (QED) is 0.721. The summed E-state index contributed by atoms with van der Waals surface area (Å²) >= 11 is 14.1. The Hall–Kier alpha value is -1.36. The third kappa shape index (κ3) is 3.35. The SMILES string of the molecule is O=C(C1CCc2ccccc2O1)N1CCSC1c1ccc(Cl)cc1Cl. The minimum atomic E-state index is -0.429. The molecule has 3 nitrogen and oxygen atoms in total. The van der Waals surface area contributed by atoms with E-state index in [9.17, 15) is 4.79 Å². The first-order valence-corrected chi connectivity index (χ1v) is 10.1. The van der Waals surface area contributed by atoms with E-state index >= 15 is 0 Å². The summed E-state index contributed by atoms with van der Waals surface area (Å²) in [6, 6.07) is 13.4. The van der Waals surface area contributed by atoms with Crippen LogP contribution < -0.4 is 4.74 Å². The van der Waals surface area contributed by atoms with Crippen molar-refractivity contribution in [2.75, 3.05) is 12.3 Å². The molecular formula is C19H17Cl2NO2S. The Kier molecular flexibility index (Phi) is 4.85. The van der Waals surface area contributed by atoms with Crippen molar-refractivity contribution in [3.8, 4) is 5.75 Å². The molecule has 0 spiro atoms. The highest BCUT2D eigenvalue weighted by Gasteiger charge is 2.37. The Morgan fingerprint density at radius 2 is 2.04 bits per heavy atom. The highest BCUT2D eigenvalue weighted by atomic mass is 35.5. The molecule has 0 bridgehead atoms. The van der Waals surface area contributed by atoms with Gasteiger partial charge in [-0.15, -0.1) is 11.8 Å². The Balaban J connectivity index is 1.55. The number of rotatable bonds is 2. The van der Waals surface area contributed by atoms with Gasteiger partial charge in [-0.05, 0) is 36.6 Å². The average Bonchev–Trinajstić information content (AvgIpc) is 3.10. The van der Waals surface area contributed by atoms with Crippen molar-refractivity contribution in [1.82, 2.24) is 4.90 Å². The highest BCUT2D eigenvalue weighted by molar-refractivity contribution is 7.99. The van der Waals surface area contributed by atoms with Crippen molar-refractivity contribution in [2.45, 2.75) is 24.3 Å². The zero-order valence-electron chi connectivity index (χ0n) is 13.5. The van der Waals surface area contributed by atoms with E-state index in [-0.39, 0.29) is 11.3 Å². The minimum Gasteiger partial charge on any atom is -0.480 e. The second kappa shape index (κ2) is 7.10. The van der Waals surface area contributed by atoms with Crippen LogP contribution in [0.5, 0.6) is 5.75 Å². The Bertz CT molecular complexity index is 814. The molecule has 0 N–H and O–H groups in total. The van der Waals surface area contributed by atoms with Crippen LogP contribution in [0, 0.1) is 0 Å². The second-order valence-corrected chi connectivity index (χ2v) is 8.21. The molecule has 25 heavy (non-hydrogen) atoms. The van der Waals surface area contributed by atoms with E-state index in [2.05, 4.69) is 6.07 Å². The molecule has 2 aromatic carbocycles. The van der Waals surface area contributed by atoms with Crippen molar-refractivity contribution in [1.29, 1.82) is 0 Å². The fraction of sp³-hybridized carbons (Fsp3) is 0.316. The molecular weight excluding hydrogens is 377 g/mol. The topological polar surface area (TPSA) is 29.5 Å². The third-order valence-corrected chi connectivity index (χ3v) is 6.40. The summed E-state index contributed by atoms with van der Waals surface area (Å²) in [5.74, 6) is 1.74. The summed E-state index contributed by atoms with van der Waals surface area (Å²) < 4.78 is 5.99. The van der Waals surface area contributed by atoms with E-state index in [0.717, 1.165) is 23.5 Å². The van der Waals surface area contributed by atoms with Crippen LogP contribution in [0.4, 0.5) is 0 Å². The van der Waals surface area contributed by atoms with Crippen LogP contribution in [0.15, 0.2) is 42.5 Å². The molecule has 0 aromatic heterocycles. The first kappa shape index (κ1) is 17.1. The van der Waals surface area contributed by atoms with E-state index in [0.29, 0.717) is 23.0 Å². The van der Waals surface area contributed by atoms with Gasteiger partial charge in [0.25, 0.3) is 5.91 Å². The second-order valence-electron chi connectivity index (χ2n) is 6.17. The van der Waals surface area contributed by atoms with Gasteiger partial charge in [-0.3, -0.25) is 4.79 Å². The summed E-state index contributed by atoms with van der Waals surface area (Å²) in [6.07, 6.45) is 1.14. The molecule has 4 rings (SSSR count). The molecule has 0 aliphatic carbocycles. The number of halogens is 2. The molecule has 6 heteroatoms. The summed E-state index contributed by atoms with van der Waals surface area (Å²) in [5.41, 5.74) is 2.10. The number of thioether (sulfide) groups is 1. The predicted octanol–water partition coefficient (Wildman–Crippen LogP) is 4.96. The third-order valence-electron chi connectivity index (χ3n) is 4.60. The van der Waals surface area contributed by atoms with Crippen LogP contribution >= 0.6 is 35.0 Å².